The molecular formula is C15H20ClNO4. The minimum absolute atomic E-state index is 0.124. The van der Waals surface area contributed by atoms with Crippen LogP contribution in [0.5, 0.6) is 0 Å². The highest BCUT2D eigenvalue weighted by Crippen LogP contribution is 2.18. The molecule has 0 aromatic heterocycles. The van der Waals surface area contributed by atoms with Crippen LogP contribution in [-0.2, 0) is 16.0 Å². The Morgan fingerprint density at radius 1 is 1.19 bits per heavy atom. The lowest BCUT2D eigenvalue weighted by Gasteiger charge is -2.28. The monoisotopic (exact) mass is 313 g/mol. The maximum atomic E-state index is 11.8. The van der Waals surface area contributed by atoms with Gasteiger partial charge in [-0.25, -0.2) is 9.59 Å². The highest BCUT2D eigenvalue weighted by atomic mass is 35.5. The highest BCUT2D eigenvalue weighted by Gasteiger charge is 2.36. The molecule has 116 valence electrons. The van der Waals surface area contributed by atoms with Crippen LogP contribution in [0.15, 0.2) is 24.3 Å². The lowest BCUT2D eigenvalue weighted by molar-refractivity contribution is -0.144. The Balaban J connectivity index is 2.86. The molecule has 0 heterocycles. The molecular weight excluding hydrogens is 294 g/mol. The Bertz CT molecular complexity index is 521. The first kappa shape index (κ1) is 17.3. The molecule has 6 heteroatoms. The summed E-state index contributed by atoms with van der Waals surface area (Å²) >= 11 is 5.80. The number of carboxylic acids is 1. The molecule has 0 unspecified atom stereocenters. The van der Waals surface area contributed by atoms with Gasteiger partial charge in [0.1, 0.15) is 11.1 Å². The van der Waals surface area contributed by atoms with E-state index >= 15 is 0 Å². The predicted molar refractivity (Wildman–Crippen MR) is 80.6 cm³/mol. The van der Waals surface area contributed by atoms with Crippen molar-refractivity contribution in [3.05, 3.63) is 34.9 Å². The van der Waals surface area contributed by atoms with Gasteiger partial charge in [0.25, 0.3) is 0 Å². The fourth-order valence-electron chi connectivity index (χ4n) is 1.71. The largest absolute Gasteiger partial charge is 0.480 e. The van der Waals surface area contributed by atoms with Crippen molar-refractivity contribution < 1.29 is 19.4 Å². The molecule has 0 saturated carbocycles. The quantitative estimate of drug-likeness (QED) is 0.894. The lowest BCUT2D eigenvalue weighted by atomic mass is 9.93. The summed E-state index contributed by atoms with van der Waals surface area (Å²) in [5.74, 6) is -1.14. The molecule has 0 aliphatic carbocycles. The molecule has 5 nitrogen and oxygen atoms in total. The number of carbonyl (C=O) groups excluding carboxylic acids is 1. The van der Waals surface area contributed by atoms with Crippen molar-refractivity contribution in [1.29, 1.82) is 0 Å². The Labute approximate surface area is 129 Å². The number of benzene rings is 1. The molecule has 0 aliphatic heterocycles. The Kier molecular flexibility index (Phi) is 5.23. The highest BCUT2D eigenvalue weighted by molar-refractivity contribution is 6.30. The van der Waals surface area contributed by atoms with Crippen molar-refractivity contribution >= 4 is 23.7 Å². The number of alkyl carbamates (subject to hydrolysis) is 1. The molecule has 0 fully saturated rings. The second-order valence-corrected chi connectivity index (χ2v) is 6.50. The average Bonchev–Trinajstić information content (AvgIpc) is 2.29. The van der Waals surface area contributed by atoms with Gasteiger partial charge in [0.15, 0.2) is 0 Å². The van der Waals surface area contributed by atoms with Gasteiger partial charge in [-0.1, -0.05) is 23.7 Å². The number of nitrogens with one attached hydrogen (secondary N) is 1. The van der Waals surface area contributed by atoms with E-state index in [4.69, 9.17) is 16.3 Å². The van der Waals surface area contributed by atoms with Crippen LogP contribution in [0.25, 0.3) is 0 Å². The molecule has 0 spiro atoms. The third kappa shape index (κ3) is 5.63. The van der Waals surface area contributed by atoms with Crippen molar-refractivity contribution in [2.24, 2.45) is 0 Å². The van der Waals surface area contributed by atoms with Crippen LogP contribution in [0, 0.1) is 0 Å². The first-order chi connectivity index (χ1) is 9.52. The number of hydrogen-bond donors (Lipinski definition) is 2. The Morgan fingerprint density at radius 2 is 1.71 bits per heavy atom. The average molecular weight is 314 g/mol. The van der Waals surface area contributed by atoms with Gasteiger partial charge in [0, 0.05) is 11.4 Å². The number of ether oxygens (including phenoxy) is 1. The van der Waals surface area contributed by atoms with Crippen LogP contribution in [0.4, 0.5) is 4.79 Å². The predicted octanol–water partition coefficient (Wildman–Crippen LogP) is 3.25. The second kappa shape index (κ2) is 6.35. The molecule has 21 heavy (non-hydrogen) atoms. The minimum atomic E-state index is -1.46. The number of hydrogen-bond acceptors (Lipinski definition) is 3. The fraction of sp³-hybridized carbons (Fsp3) is 0.467. The molecule has 1 rings (SSSR count). The Morgan fingerprint density at radius 3 is 2.14 bits per heavy atom. The summed E-state index contributed by atoms with van der Waals surface area (Å²) in [6, 6.07) is 6.79. The summed E-state index contributed by atoms with van der Waals surface area (Å²) in [5.41, 5.74) is -1.40. The summed E-state index contributed by atoms with van der Waals surface area (Å²) in [6.45, 7) is 6.57. The number of carbonyl (C=O) groups is 2. The molecule has 1 atom stereocenters. The van der Waals surface area contributed by atoms with Crippen LogP contribution in [0.1, 0.15) is 33.3 Å². The number of halogens is 1. The topological polar surface area (TPSA) is 75.6 Å². The smallest absolute Gasteiger partial charge is 0.408 e. The maximum Gasteiger partial charge on any atom is 0.408 e. The molecule has 1 amide bonds. The van der Waals surface area contributed by atoms with Crippen LogP contribution < -0.4 is 5.32 Å². The second-order valence-electron chi connectivity index (χ2n) is 6.07. The van der Waals surface area contributed by atoms with Gasteiger partial charge in [0.2, 0.25) is 0 Å². The molecule has 1 aromatic carbocycles. The van der Waals surface area contributed by atoms with Gasteiger partial charge in [-0.05, 0) is 45.4 Å². The fourth-order valence-corrected chi connectivity index (χ4v) is 1.84. The number of amides is 1. The first-order valence-electron chi connectivity index (χ1n) is 6.51. The van der Waals surface area contributed by atoms with E-state index in [9.17, 15) is 14.7 Å². The van der Waals surface area contributed by atoms with Gasteiger partial charge in [-0.3, -0.25) is 0 Å². The van der Waals surface area contributed by atoms with E-state index in [0.717, 1.165) is 5.56 Å². The molecule has 1 aromatic rings. The summed E-state index contributed by atoms with van der Waals surface area (Å²) < 4.78 is 5.11. The molecule has 0 aliphatic rings. The summed E-state index contributed by atoms with van der Waals surface area (Å²) in [5, 5.41) is 12.4. The van der Waals surface area contributed by atoms with E-state index in [1.54, 1.807) is 45.0 Å². The van der Waals surface area contributed by atoms with Gasteiger partial charge >= 0.3 is 12.1 Å². The molecule has 0 saturated heterocycles. The third-order valence-electron chi connectivity index (χ3n) is 2.72. The van der Waals surface area contributed by atoms with Crippen molar-refractivity contribution in [3.63, 3.8) is 0 Å². The molecule has 2 N–H and O–H groups in total. The zero-order valence-electron chi connectivity index (χ0n) is 12.6. The van der Waals surface area contributed by atoms with Crippen LogP contribution in [0.3, 0.4) is 0 Å². The van der Waals surface area contributed by atoms with E-state index in [1.165, 1.54) is 6.92 Å². The van der Waals surface area contributed by atoms with Crippen molar-refractivity contribution in [2.45, 2.75) is 45.3 Å². The number of carboxylic acid groups (broad SMARTS) is 1. The van der Waals surface area contributed by atoms with Gasteiger partial charge in [-0.15, -0.1) is 0 Å². The van der Waals surface area contributed by atoms with Gasteiger partial charge < -0.3 is 15.2 Å². The lowest BCUT2D eigenvalue weighted by Crippen LogP contribution is -2.54. The first-order valence-corrected chi connectivity index (χ1v) is 6.89. The Hall–Kier alpha value is -1.75. The third-order valence-corrected chi connectivity index (χ3v) is 2.97. The minimum Gasteiger partial charge on any atom is -0.480 e. The summed E-state index contributed by atoms with van der Waals surface area (Å²) in [4.78, 5) is 23.3. The zero-order valence-corrected chi connectivity index (χ0v) is 13.3. The molecule has 0 bridgehead atoms. The summed E-state index contributed by atoms with van der Waals surface area (Å²) in [7, 11) is 0. The standard InChI is InChI=1S/C15H20ClNO4/c1-14(2,3)21-13(20)17-15(4,12(18)19)9-10-5-7-11(16)8-6-10/h5-8H,9H2,1-4H3,(H,17,20)(H,18,19)/t15-/m0/s1. The SMILES string of the molecule is CC(C)(C)OC(=O)N[C@@](C)(Cc1ccc(Cl)cc1)C(=O)O. The number of aliphatic carboxylic acids is 1. The van der Waals surface area contributed by atoms with Crippen LogP contribution in [0.2, 0.25) is 5.02 Å². The van der Waals surface area contributed by atoms with E-state index < -0.39 is 23.2 Å². The normalized spacial score (nSPS) is 14.1. The molecule has 0 radical (unpaired) electrons. The zero-order chi connectivity index (χ0) is 16.3. The van der Waals surface area contributed by atoms with Gasteiger partial charge in [0.05, 0.1) is 0 Å². The van der Waals surface area contributed by atoms with E-state index in [2.05, 4.69) is 5.32 Å². The maximum absolute atomic E-state index is 11.8. The van der Waals surface area contributed by atoms with Crippen molar-refractivity contribution in [1.82, 2.24) is 5.32 Å². The van der Waals surface area contributed by atoms with Gasteiger partial charge in [-0.2, -0.15) is 0 Å². The van der Waals surface area contributed by atoms with E-state index in [0.29, 0.717) is 5.02 Å². The van der Waals surface area contributed by atoms with Crippen molar-refractivity contribution in [2.75, 3.05) is 0 Å². The van der Waals surface area contributed by atoms with Crippen LogP contribution >= 0.6 is 11.6 Å². The number of rotatable bonds is 4. The summed E-state index contributed by atoms with van der Waals surface area (Å²) in [6.07, 6.45) is -0.639. The van der Waals surface area contributed by atoms with E-state index in [-0.39, 0.29) is 6.42 Å². The van der Waals surface area contributed by atoms with E-state index in [1.807, 2.05) is 0 Å². The van der Waals surface area contributed by atoms with Crippen molar-refractivity contribution in [3.8, 4) is 0 Å². The van der Waals surface area contributed by atoms with Crippen LogP contribution in [-0.4, -0.2) is 28.3 Å².